The summed E-state index contributed by atoms with van der Waals surface area (Å²) < 4.78 is 1.79. The number of amides is 2. The van der Waals surface area contributed by atoms with Crippen LogP contribution in [0.25, 0.3) is 5.52 Å². The summed E-state index contributed by atoms with van der Waals surface area (Å²) in [4.78, 5) is 28.6. The molecule has 6 heteroatoms. The van der Waals surface area contributed by atoms with E-state index in [1.807, 2.05) is 22.9 Å². The van der Waals surface area contributed by atoms with Crippen molar-refractivity contribution in [3.63, 3.8) is 0 Å². The summed E-state index contributed by atoms with van der Waals surface area (Å²) in [5.74, 6) is 0.775. The minimum atomic E-state index is 0.0954. The van der Waals surface area contributed by atoms with E-state index in [9.17, 15) is 9.59 Å². The number of hydrogen-bond donors (Lipinski definition) is 0. The van der Waals surface area contributed by atoms with E-state index in [2.05, 4.69) is 17.2 Å². The van der Waals surface area contributed by atoms with Crippen LogP contribution in [0, 0.1) is 0 Å². The molecule has 2 saturated heterocycles. The summed E-state index contributed by atoms with van der Waals surface area (Å²) in [6, 6.07) is 4.23. The van der Waals surface area contributed by atoms with Gasteiger partial charge in [0.25, 0.3) is 5.91 Å². The van der Waals surface area contributed by atoms with Gasteiger partial charge in [-0.25, -0.2) is 4.52 Å². The van der Waals surface area contributed by atoms with Crippen LogP contribution in [0.5, 0.6) is 0 Å². The molecule has 0 atom stereocenters. The monoisotopic (exact) mass is 354 g/mol. The molecule has 2 aliphatic rings. The lowest BCUT2D eigenvalue weighted by atomic mass is 9.89. The van der Waals surface area contributed by atoms with Crippen LogP contribution in [0.4, 0.5) is 0 Å². The van der Waals surface area contributed by atoms with Gasteiger partial charge in [0.05, 0.1) is 17.3 Å². The Morgan fingerprint density at radius 1 is 1.12 bits per heavy atom. The third-order valence-corrected chi connectivity index (χ3v) is 5.79. The predicted octanol–water partition coefficient (Wildman–Crippen LogP) is 2.69. The van der Waals surface area contributed by atoms with Crippen molar-refractivity contribution in [1.82, 2.24) is 19.4 Å². The second-order valence-corrected chi connectivity index (χ2v) is 7.36. The second-order valence-electron chi connectivity index (χ2n) is 7.36. The highest BCUT2D eigenvalue weighted by atomic mass is 16.2. The van der Waals surface area contributed by atoms with E-state index in [1.54, 1.807) is 10.7 Å². The Bertz CT molecular complexity index is 814. The molecular formula is C20H26N4O2. The zero-order valence-electron chi connectivity index (χ0n) is 15.4. The van der Waals surface area contributed by atoms with Gasteiger partial charge >= 0.3 is 0 Å². The molecule has 0 radical (unpaired) electrons. The molecule has 0 aliphatic carbocycles. The van der Waals surface area contributed by atoms with Crippen molar-refractivity contribution in [2.45, 2.75) is 44.9 Å². The minimum absolute atomic E-state index is 0.0954. The van der Waals surface area contributed by atoms with Crippen molar-refractivity contribution in [1.29, 1.82) is 0 Å². The highest BCUT2D eigenvalue weighted by Crippen LogP contribution is 2.30. The first-order valence-corrected chi connectivity index (χ1v) is 9.71. The van der Waals surface area contributed by atoms with E-state index in [-0.39, 0.29) is 11.8 Å². The third-order valence-electron chi connectivity index (χ3n) is 5.79. The van der Waals surface area contributed by atoms with E-state index in [0.29, 0.717) is 17.9 Å². The van der Waals surface area contributed by atoms with Crippen LogP contribution >= 0.6 is 0 Å². The molecule has 2 amide bonds. The second kappa shape index (κ2) is 7.09. The normalized spacial score (nSPS) is 18.7. The SMILES string of the molecule is CCC(=O)N1CCC(c2ccn3ncc(C(=O)N4CCCC4)c3c2)CC1. The molecule has 2 aliphatic heterocycles. The number of nitrogens with zero attached hydrogens (tertiary/aromatic N) is 4. The first kappa shape index (κ1) is 17.1. The summed E-state index contributed by atoms with van der Waals surface area (Å²) in [6.45, 7) is 5.25. The molecule has 4 rings (SSSR count). The molecule has 2 fully saturated rings. The third kappa shape index (κ3) is 3.08. The molecule has 2 aromatic heterocycles. The Balaban J connectivity index is 1.55. The first-order valence-electron chi connectivity index (χ1n) is 9.71. The molecule has 0 N–H and O–H groups in total. The van der Waals surface area contributed by atoms with Crippen molar-refractivity contribution >= 4 is 17.3 Å². The Morgan fingerprint density at radius 3 is 2.54 bits per heavy atom. The summed E-state index contributed by atoms with van der Waals surface area (Å²) >= 11 is 0. The Labute approximate surface area is 153 Å². The smallest absolute Gasteiger partial charge is 0.257 e. The molecule has 138 valence electrons. The van der Waals surface area contributed by atoms with Gasteiger partial charge in [0.1, 0.15) is 0 Å². The summed E-state index contributed by atoms with van der Waals surface area (Å²) in [5.41, 5.74) is 2.84. The van der Waals surface area contributed by atoms with E-state index >= 15 is 0 Å². The van der Waals surface area contributed by atoms with Gasteiger partial charge in [0, 0.05) is 38.8 Å². The maximum absolute atomic E-state index is 12.8. The number of carbonyl (C=O) groups is 2. The van der Waals surface area contributed by atoms with Crippen molar-refractivity contribution in [3.8, 4) is 0 Å². The Kier molecular flexibility index (Phi) is 4.66. The fourth-order valence-electron chi connectivity index (χ4n) is 4.19. The van der Waals surface area contributed by atoms with Crippen molar-refractivity contribution in [2.75, 3.05) is 26.2 Å². The Hall–Kier alpha value is -2.37. The fourth-order valence-corrected chi connectivity index (χ4v) is 4.19. The average molecular weight is 354 g/mol. The van der Waals surface area contributed by atoms with Gasteiger partial charge in [-0.2, -0.15) is 5.10 Å². The van der Waals surface area contributed by atoms with Crippen molar-refractivity contribution in [3.05, 3.63) is 35.7 Å². The largest absolute Gasteiger partial charge is 0.343 e. The molecule has 2 aromatic rings. The number of fused-ring (bicyclic) bond motifs is 1. The maximum atomic E-state index is 12.8. The quantitative estimate of drug-likeness (QED) is 0.851. The molecule has 0 unspecified atom stereocenters. The van der Waals surface area contributed by atoms with Gasteiger partial charge < -0.3 is 9.80 Å². The lowest BCUT2D eigenvalue weighted by Gasteiger charge is -2.32. The number of aromatic nitrogens is 2. The van der Waals surface area contributed by atoms with Gasteiger partial charge in [-0.15, -0.1) is 0 Å². The van der Waals surface area contributed by atoms with Crippen molar-refractivity contribution in [2.24, 2.45) is 0 Å². The van der Waals surface area contributed by atoms with Crippen LogP contribution in [-0.4, -0.2) is 57.4 Å². The van der Waals surface area contributed by atoms with E-state index in [1.165, 1.54) is 5.56 Å². The number of carbonyl (C=O) groups excluding carboxylic acids is 2. The number of hydrogen-bond acceptors (Lipinski definition) is 3. The summed E-state index contributed by atoms with van der Waals surface area (Å²) in [7, 11) is 0. The molecule has 0 aromatic carbocycles. The maximum Gasteiger partial charge on any atom is 0.257 e. The highest BCUT2D eigenvalue weighted by Gasteiger charge is 2.25. The number of rotatable bonds is 3. The molecule has 26 heavy (non-hydrogen) atoms. The summed E-state index contributed by atoms with van der Waals surface area (Å²) in [5, 5.41) is 4.36. The molecular weight excluding hydrogens is 328 g/mol. The molecule has 0 bridgehead atoms. The zero-order chi connectivity index (χ0) is 18.1. The lowest BCUT2D eigenvalue weighted by molar-refractivity contribution is -0.131. The Morgan fingerprint density at radius 2 is 1.85 bits per heavy atom. The van der Waals surface area contributed by atoms with Crippen LogP contribution in [0.15, 0.2) is 24.5 Å². The topological polar surface area (TPSA) is 57.9 Å². The van der Waals surface area contributed by atoms with E-state index in [4.69, 9.17) is 0 Å². The molecule has 4 heterocycles. The predicted molar refractivity (Wildman–Crippen MR) is 99.2 cm³/mol. The number of piperidine rings is 1. The van der Waals surface area contributed by atoms with Crippen molar-refractivity contribution < 1.29 is 9.59 Å². The van der Waals surface area contributed by atoms with Gasteiger partial charge in [0.2, 0.25) is 5.91 Å². The van der Waals surface area contributed by atoms with Gasteiger partial charge in [-0.05, 0) is 49.3 Å². The standard InChI is InChI=1S/C20H26N4O2/c1-2-19(25)22-10-5-15(6-11-22)16-7-12-24-18(13-16)17(14-21-24)20(26)23-8-3-4-9-23/h7,12-15H,2-6,8-11H2,1H3. The number of likely N-dealkylation sites (tertiary alicyclic amines) is 2. The zero-order valence-corrected chi connectivity index (χ0v) is 15.4. The van der Waals surface area contributed by atoms with E-state index < -0.39 is 0 Å². The number of pyridine rings is 1. The highest BCUT2D eigenvalue weighted by molar-refractivity contribution is 6.00. The lowest BCUT2D eigenvalue weighted by Crippen LogP contribution is -2.37. The van der Waals surface area contributed by atoms with Crippen LogP contribution in [0.2, 0.25) is 0 Å². The summed E-state index contributed by atoms with van der Waals surface area (Å²) in [6.07, 6.45) is 8.36. The molecule has 6 nitrogen and oxygen atoms in total. The van der Waals surface area contributed by atoms with Gasteiger partial charge in [-0.1, -0.05) is 6.92 Å². The molecule has 0 spiro atoms. The average Bonchev–Trinajstić information content (AvgIpc) is 3.36. The van der Waals surface area contributed by atoms with Gasteiger partial charge in [0.15, 0.2) is 0 Å². The minimum Gasteiger partial charge on any atom is -0.343 e. The van der Waals surface area contributed by atoms with Crippen LogP contribution in [0.3, 0.4) is 0 Å². The van der Waals surface area contributed by atoms with E-state index in [0.717, 1.165) is 57.4 Å². The molecule has 0 saturated carbocycles. The fraction of sp³-hybridized carbons (Fsp3) is 0.550. The first-order chi connectivity index (χ1) is 12.7. The van der Waals surface area contributed by atoms with Crippen LogP contribution in [-0.2, 0) is 4.79 Å². The van der Waals surface area contributed by atoms with Crippen LogP contribution in [0.1, 0.15) is 60.9 Å². The van der Waals surface area contributed by atoms with Gasteiger partial charge in [-0.3, -0.25) is 9.59 Å². The van der Waals surface area contributed by atoms with Crippen LogP contribution < -0.4 is 0 Å².